The van der Waals surface area contributed by atoms with Gasteiger partial charge in [-0.1, -0.05) is 24.3 Å². The molecular formula is C14H12FNO2. The molecule has 2 aromatic rings. The molecule has 0 aliphatic rings. The predicted molar refractivity (Wildman–Crippen MR) is 65.4 cm³/mol. The molecule has 0 aliphatic heterocycles. The van der Waals surface area contributed by atoms with Crippen molar-refractivity contribution >= 4 is 5.97 Å². The third-order valence-corrected chi connectivity index (χ3v) is 2.55. The van der Waals surface area contributed by atoms with E-state index in [0.29, 0.717) is 5.69 Å². The molecule has 4 heteroatoms. The zero-order chi connectivity index (χ0) is 13.0. The number of hydrogen-bond donors (Lipinski definition) is 0. The van der Waals surface area contributed by atoms with Crippen molar-refractivity contribution in [1.29, 1.82) is 0 Å². The molecule has 92 valence electrons. The monoisotopic (exact) mass is 245 g/mol. The Hall–Kier alpha value is -2.23. The van der Waals surface area contributed by atoms with Crippen LogP contribution < -0.4 is 0 Å². The van der Waals surface area contributed by atoms with E-state index in [1.165, 1.54) is 19.4 Å². The summed E-state index contributed by atoms with van der Waals surface area (Å²) in [6.45, 7) is 0. The van der Waals surface area contributed by atoms with Gasteiger partial charge in [-0.05, 0) is 17.7 Å². The second kappa shape index (κ2) is 5.40. The number of ether oxygens (including phenoxy) is 1. The molecule has 0 aliphatic carbocycles. The van der Waals surface area contributed by atoms with E-state index < -0.39 is 0 Å². The second-order valence-electron chi connectivity index (χ2n) is 3.81. The number of benzene rings is 1. The van der Waals surface area contributed by atoms with Crippen LogP contribution in [0.15, 0.2) is 42.6 Å². The lowest BCUT2D eigenvalue weighted by Gasteiger charge is -2.03. The maximum absolute atomic E-state index is 12.7. The van der Waals surface area contributed by atoms with Crippen molar-refractivity contribution < 1.29 is 13.9 Å². The van der Waals surface area contributed by atoms with Crippen molar-refractivity contribution in [1.82, 2.24) is 4.98 Å². The number of carbonyl (C=O) groups excluding carboxylic acids is 1. The predicted octanol–water partition coefficient (Wildman–Crippen LogP) is 2.60. The number of pyridine rings is 1. The van der Waals surface area contributed by atoms with Crippen molar-refractivity contribution in [3.05, 3.63) is 54.0 Å². The molecule has 0 spiro atoms. The standard InChI is InChI=1S/C14H12FNO2/c1-18-14(17)8-10-2-4-11(5-3-10)13-7-6-12(15)9-16-13/h2-7,9H,8H2,1H3. The third kappa shape index (κ3) is 2.91. The molecule has 0 bridgehead atoms. The van der Waals surface area contributed by atoms with Crippen LogP contribution in [0.4, 0.5) is 4.39 Å². The van der Waals surface area contributed by atoms with E-state index in [-0.39, 0.29) is 18.2 Å². The number of halogens is 1. The molecule has 0 saturated heterocycles. The largest absolute Gasteiger partial charge is 0.469 e. The topological polar surface area (TPSA) is 39.2 Å². The molecule has 0 fully saturated rings. The van der Waals surface area contributed by atoms with E-state index in [1.807, 2.05) is 24.3 Å². The van der Waals surface area contributed by atoms with E-state index in [1.54, 1.807) is 6.07 Å². The van der Waals surface area contributed by atoms with Gasteiger partial charge in [0.05, 0.1) is 25.4 Å². The van der Waals surface area contributed by atoms with E-state index in [2.05, 4.69) is 9.72 Å². The van der Waals surface area contributed by atoms with Crippen molar-refractivity contribution in [2.45, 2.75) is 6.42 Å². The van der Waals surface area contributed by atoms with Crippen LogP contribution in [0.3, 0.4) is 0 Å². The quantitative estimate of drug-likeness (QED) is 0.780. The lowest BCUT2D eigenvalue weighted by atomic mass is 10.1. The van der Waals surface area contributed by atoms with Gasteiger partial charge in [-0.15, -0.1) is 0 Å². The Morgan fingerprint density at radius 3 is 2.50 bits per heavy atom. The van der Waals surface area contributed by atoms with Crippen molar-refractivity contribution in [3.8, 4) is 11.3 Å². The van der Waals surface area contributed by atoms with Gasteiger partial charge in [0.1, 0.15) is 5.82 Å². The molecular weight excluding hydrogens is 233 g/mol. The van der Waals surface area contributed by atoms with Crippen LogP contribution in [-0.2, 0) is 16.0 Å². The zero-order valence-electron chi connectivity index (χ0n) is 9.89. The summed E-state index contributed by atoms with van der Waals surface area (Å²) in [6.07, 6.45) is 1.42. The van der Waals surface area contributed by atoms with E-state index in [9.17, 15) is 9.18 Å². The van der Waals surface area contributed by atoms with Crippen LogP contribution in [0.25, 0.3) is 11.3 Å². The first kappa shape index (κ1) is 12.2. The number of methoxy groups -OCH3 is 1. The molecule has 0 saturated carbocycles. The first-order chi connectivity index (χ1) is 8.69. The van der Waals surface area contributed by atoms with Gasteiger partial charge in [0, 0.05) is 5.56 Å². The highest BCUT2D eigenvalue weighted by Crippen LogP contribution is 2.17. The Kier molecular flexibility index (Phi) is 3.67. The molecule has 0 radical (unpaired) electrons. The zero-order valence-corrected chi connectivity index (χ0v) is 9.89. The fraction of sp³-hybridized carbons (Fsp3) is 0.143. The number of esters is 1. The molecule has 1 heterocycles. The Morgan fingerprint density at radius 1 is 1.22 bits per heavy atom. The summed E-state index contributed by atoms with van der Waals surface area (Å²) < 4.78 is 17.3. The fourth-order valence-corrected chi connectivity index (χ4v) is 1.58. The molecule has 3 nitrogen and oxygen atoms in total. The number of rotatable bonds is 3. The van der Waals surface area contributed by atoms with Crippen LogP contribution in [-0.4, -0.2) is 18.1 Å². The average Bonchev–Trinajstić information content (AvgIpc) is 2.40. The lowest BCUT2D eigenvalue weighted by Crippen LogP contribution is -2.04. The van der Waals surface area contributed by atoms with Gasteiger partial charge in [-0.2, -0.15) is 0 Å². The van der Waals surface area contributed by atoms with Crippen molar-refractivity contribution in [2.75, 3.05) is 7.11 Å². The number of aromatic nitrogens is 1. The normalized spacial score (nSPS) is 10.1. The van der Waals surface area contributed by atoms with Gasteiger partial charge in [-0.3, -0.25) is 9.78 Å². The highest BCUT2D eigenvalue weighted by molar-refractivity contribution is 5.72. The highest BCUT2D eigenvalue weighted by Gasteiger charge is 2.04. The summed E-state index contributed by atoms with van der Waals surface area (Å²) in [4.78, 5) is 15.1. The molecule has 18 heavy (non-hydrogen) atoms. The lowest BCUT2D eigenvalue weighted by molar-refractivity contribution is -0.139. The van der Waals surface area contributed by atoms with E-state index in [0.717, 1.165) is 11.1 Å². The minimum atomic E-state index is -0.360. The molecule has 1 aromatic carbocycles. The number of nitrogens with zero attached hydrogens (tertiary/aromatic N) is 1. The maximum atomic E-state index is 12.7. The third-order valence-electron chi connectivity index (χ3n) is 2.55. The minimum absolute atomic E-state index is 0.244. The summed E-state index contributed by atoms with van der Waals surface area (Å²) in [5, 5.41) is 0. The Labute approximate surface area is 104 Å². The minimum Gasteiger partial charge on any atom is -0.469 e. The molecule has 1 aromatic heterocycles. The molecule has 0 N–H and O–H groups in total. The molecule has 0 unspecified atom stereocenters. The van der Waals surface area contributed by atoms with Crippen LogP contribution >= 0.6 is 0 Å². The number of hydrogen-bond acceptors (Lipinski definition) is 3. The van der Waals surface area contributed by atoms with Gasteiger partial charge >= 0.3 is 5.97 Å². The van der Waals surface area contributed by atoms with Crippen LogP contribution in [0.5, 0.6) is 0 Å². The summed E-state index contributed by atoms with van der Waals surface area (Å²) in [5.74, 6) is -0.635. The van der Waals surface area contributed by atoms with Crippen LogP contribution in [0.2, 0.25) is 0 Å². The van der Waals surface area contributed by atoms with Gasteiger partial charge in [0.2, 0.25) is 0 Å². The average molecular weight is 245 g/mol. The summed E-state index contributed by atoms with van der Waals surface area (Å²) >= 11 is 0. The van der Waals surface area contributed by atoms with Gasteiger partial charge in [0.25, 0.3) is 0 Å². The summed E-state index contributed by atoms with van der Waals surface area (Å²) in [6, 6.07) is 10.3. The Morgan fingerprint density at radius 2 is 1.94 bits per heavy atom. The molecule has 0 amide bonds. The summed E-state index contributed by atoms with van der Waals surface area (Å²) in [5.41, 5.74) is 2.44. The van der Waals surface area contributed by atoms with E-state index in [4.69, 9.17) is 0 Å². The maximum Gasteiger partial charge on any atom is 0.309 e. The van der Waals surface area contributed by atoms with Gasteiger partial charge in [-0.25, -0.2) is 4.39 Å². The second-order valence-corrected chi connectivity index (χ2v) is 3.81. The first-order valence-electron chi connectivity index (χ1n) is 5.47. The van der Waals surface area contributed by atoms with Crippen molar-refractivity contribution in [2.24, 2.45) is 0 Å². The van der Waals surface area contributed by atoms with E-state index >= 15 is 0 Å². The fourth-order valence-electron chi connectivity index (χ4n) is 1.58. The summed E-state index contributed by atoms with van der Waals surface area (Å²) in [7, 11) is 1.36. The smallest absolute Gasteiger partial charge is 0.309 e. The number of carbonyl (C=O) groups is 1. The van der Waals surface area contributed by atoms with Crippen LogP contribution in [0.1, 0.15) is 5.56 Å². The van der Waals surface area contributed by atoms with Crippen molar-refractivity contribution in [3.63, 3.8) is 0 Å². The van der Waals surface area contributed by atoms with Gasteiger partial charge < -0.3 is 4.74 Å². The first-order valence-corrected chi connectivity index (χ1v) is 5.47. The molecule has 0 atom stereocenters. The molecule has 2 rings (SSSR count). The van der Waals surface area contributed by atoms with Crippen LogP contribution in [0, 0.1) is 5.82 Å². The SMILES string of the molecule is COC(=O)Cc1ccc(-c2ccc(F)cn2)cc1. The Bertz CT molecular complexity index is 535. The Balaban J connectivity index is 2.17. The van der Waals surface area contributed by atoms with Gasteiger partial charge in [0.15, 0.2) is 0 Å². The highest BCUT2D eigenvalue weighted by atomic mass is 19.1.